The maximum atomic E-state index is 6.57. The molecule has 2 atom stereocenters. The third-order valence-corrected chi connectivity index (χ3v) is 10.3. The monoisotopic (exact) mass is 581 g/mol. The van der Waals surface area contributed by atoms with Crippen molar-refractivity contribution in [2.75, 3.05) is 5.01 Å². The number of rotatable bonds is 3. The topological polar surface area (TPSA) is 33.3 Å². The lowest BCUT2D eigenvalue weighted by Gasteiger charge is -2.52. The molecular formula is C41H31N3O. The molecule has 1 aliphatic heterocycles. The molecule has 6 aromatic carbocycles. The highest BCUT2D eigenvalue weighted by atomic mass is 16.3. The highest BCUT2D eigenvalue weighted by molar-refractivity contribution is 6.17. The average Bonchev–Trinajstić information content (AvgIpc) is 3.68. The van der Waals surface area contributed by atoms with Crippen LogP contribution in [0.1, 0.15) is 48.4 Å². The Morgan fingerprint density at radius 3 is 2.22 bits per heavy atom. The van der Waals surface area contributed by atoms with Crippen molar-refractivity contribution in [1.82, 2.24) is 9.99 Å². The van der Waals surface area contributed by atoms with E-state index in [1.54, 1.807) is 0 Å². The first kappa shape index (κ1) is 25.1. The van der Waals surface area contributed by atoms with Crippen molar-refractivity contribution >= 4 is 43.7 Å². The molecule has 0 radical (unpaired) electrons. The van der Waals surface area contributed by atoms with Crippen LogP contribution < -0.4 is 10.3 Å². The number of furan rings is 1. The van der Waals surface area contributed by atoms with Gasteiger partial charge in [-0.2, -0.15) is 0 Å². The summed E-state index contributed by atoms with van der Waals surface area (Å²) in [5.41, 5.74) is 12.1. The van der Waals surface area contributed by atoms with Crippen LogP contribution in [0.15, 0.2) is 138 Å². The van der Waals surface area contributed by atoms with Crippen LogP contribution in [0.4, 0.5) is 0 Å². The summed E-state index contributed by atoms with van der Waals surface area (Å²) >= 11 is 0. The molecule has 0 amide bonds. The van der Waals surface area contributed by atoms with Gasteiger partial charge >= 0.3 is 0 Å². The molecule has 3 heterocycles. The first-order valence-electron chi connectivity index (χ1n) is 15.8. The number of hydrogen-bond donors (Lipinski definition) is 1. The molecule has 2 unspecified atom stereocenters. The largest absolute Gasteiger partial charge is 0.456 e. The van der Waals surface area contributed by atoms with Crippen LogP contribution in [0.25, 0.3) is 54.9 Å². The molecule has 2 aromatic heterocycles. The van der Waals surface area contributed by atoms with E-state index in [4.69, 9.17) is 4.42 Å². The van der Waals surface area contributed by atoms with E-state index in [9.17, 15) is 0 Å². The smallest absolute Gasteiger partial charge is 0.142 e. The summed E-state index contributed by atoms with van der Waals surface area (Å²) in [6.45, 7) is 4.72. The molecule has 10 rings (SSSR count). The van der Waals surface area contributed by atoms with Gasteiger partial charge in [0.15, 0.2) is 0 Å². The number of nitrogens with one attached hydrogen (secondary N) is 1. The van der Waals surface area contributed by atoms with E-state index in [-0.39, 0.29) is 17.7 Å². The summed E-state index contributed by atoms with van der Waals surface area (Å²) in [5.74, 6) is 0. The molecule has 1 fully saturated rings. The van der Waals surface area contributed by atoms with Crippen molar-refractivity contribution < 1.29 is 4.42 Å². The molecular weight excluding hydrogens is 550 g/mol. The zero-order valence-corrected chi connectivity index (χ0v) is 25.2. The third kappa shape index (κ3) is 3.24. The molecule has 0 spiro atoms. The maximum Gasteiger partial charge on any atom is 0.142 e. The van der Waals surface area contributed by atoms with Crippen LogP contribution in [0.2, 0.25) is 0 Å². The van der Waals surface area contributed by atoms with E-state index >= 15 is 0 Å². The molecule has 45 heavy (non-hydrogen) atoms. The standard InChI is InChI=1S/C41H31N3O/c1-41(2)31-20-9-6-16-28(31)36-32(41)23-24-34-37(36)29-17-7-10-21-33(29)43(34)44-39(25-13-4-3-5-14-25)42-40(44)30-19-12-18-27-26-15-8-11-22-35(26)45-38(27)30/h3-24,39-40,42H,1-2H3. The number of benzene rings is 6. The summed E-state index contributed by atoms with van der Waals surface area (Å²) in [4.78, 5) is 0. The molecule has 4 heteroatoms. The number of aromatic nitrogens is 1. The van der Waals surface area contributed by atoms with Crippen LogP contribution in [-0.2, 0) is 5.41 Å². The molecule has 0 bridgehead atoms. The first-order valence-corrected chi connectivity index (χ1v) is 15.8. The fourth-order valence-corrected chi connectivity index (χ4v) is 8.18. The Labute approximate surface area is 261 Å². The second-order valence-electron chi connectivity index (χ2n) is 13.0. The fraction of sp³-hybridized carbons (Fsp3) is 0.122. The second-order valence-corrected chi connectivity index (χ2v) is 13.0. The minimum atomic E-state index is -0.101. The van der Waals surface area contributed by atoms with Crippen LogP contribution in [0.5, 0.6) is 0 Å². The van der Waals surface area contributed by atoms with Gasteiger partial charge in [0.05, 0.1) is 11.0 Å². The van der Waals surface area contributed by atoms with Gasteiger partial charge < -0.3 is 4.42 Å². The Hall–Kier alpha value is -5.32. The minimum absolute atomic E-state index is 0.0215. The summed E-state index contributed by atoms with van der Waals surface area (Å²) in [6, 6.07) is 48.2. The lowest BCUT2D eigenvalue weighted by molar-refractivity contribution is 0.212. The Balaban J connectivity index is 1.27. The lowest BCUT2D eigenvalue weighted by Crippen LogP contribution is -2.62. The van der Waals surface area contributed by atoms with Crippen molar-refractivity contribution in [3.63, 3.8) is 0 Å². The Morgan fingerprint density at radius 2 is 1.33 bits per heavy atom. The highest BCUT2D eigenvalue weighted by Crippen LogP contribution is 2.53. The SMILES string of the molecule is CC1(C)c2ccccc2-c2c1ccc1c2c2ccccc2n1N1C(c2ccccc2)NC1c1cccc2c1oc1ccccc12. The van der Waals surface area contributed by atoms with E-state index in [0.29, 0.717) is 0 Å². The molecule has 4 nitrogen and oxygen atoms in total. The minimum Gasteiger partial charge on any atom is -0.456 e. The van der Waals surface area contributed by atoms with Gasteiger partial charge in [0.1, 0.15) is 23.5 Å². The van der Waals surface area contributed by atoms with Gasteiger partial charge in [-0.25, -0.2) is 0 Å². The first-order chi connectivity index (χ1) is 22.1. The van der Waals surface area contributed by atoms with E-state index < -0.39 is 0 Å². The van der Waals surface area contributed by atoms with Gasteiger partial charge in [-0.1, -0.05) is 129 Å². The lowest BCUT2D eigenvalue weighted by atomic mass is 9.82. The number of nitrogens with zero attached hydrogens (tertiary/aromatic N) is 2. The van der Waals surface area contributed by atoms with Gasteiger partial charge in [-0.15, -0.1) is 0 Å². The number of para-hydroxylation sites is 3. The van der Waals surface area contributed by atoms with Crippen molar-refractivity contribution in [3.05, 3.63) is 156 Å². The summed E-state index contributed by atoms with van der Waals surface area (Å²) in [5, 5.41) is 11.3. The Bertz CT molecular complexity index is 2470. The quantitative estimate of drug-likeness (QED) is 0.225. The zero-order chi connectivity index (χ0) is 29.9. The Morgan fingerprint density at radius 1 is 0.600 bits per heavy atom. The van der Waals surface area contributed by atoms with Gasteiger partial charge in [0.25, 0.3) is 0 Å². The number of hydrogen-bond acceptors (Lipinski definition) is 3. The maximum absolute atomic E-state index is 6.57. The van der Waals surface area contributed by atoms with Crippen LogP contribution in [-0.4, -0.2) is 4.68 Å². The van der Waals surface area contributed by atoms with Crippen molar-refractivity contribution in [2.45, 2.75) is 31.6 Å². The van der Waals surface area contributed by atoms with Crippen LogP contribution in [0, 0.1) is 0 Å². The molecule has 1 N–H and O–H groups in total. The molecule has 216 valence electrons. The van der Waals surface area contributed by atoms with E-state index in [0.717, 1.165) is 27.5 Å². The summed E-state index contributed by atoms with van der Waals surface area (Å²) < 4.78 is 9.04. The number of fused-ring (bicyclic) bond motifs is 10. The predicted molar refractivity (Wildman–Crippen MR) is 184 cm³/mol. The van der Waals surface area contributed by atoms with Gasteiger partial charge in [-0.05, 0) is 46.0 Å². The zero-order valence-electron chi connectivity index (χ0n) is 25.2. The average molecular weight is 582 g/mol. The van der Waals surface area contributed by atoms with Crippen molar-refractivity contribution in [2.24, 2.45) is 0 Å². The van der Waals surface area contributed by atoms with Crippen LogP contribution >= 0.6 is 0 Å². The highest BCUT2D eigenvalue weighted by Gasteiger charge is 2.44. The normalized spacial score (nSPS) is 18.5. The molecule has 1 aliphatic carbocycles. The van der Waals surface area contributed by atoms with E-state index in [2.05, 4.69) is 156 Å². The molecule has 8 aromatic rings. The molecule has 1 saturated heterocycles. The summed E-state index contributed by atoms with van der Waals surface area (Å²) in [7, 11) is 0. The van der Waals surface area contributed by atoms with Gasteiger partial charge in [0, 0.05) is 32.5 Å². The van der Waals surface area contributed by atoms with E-state index in [1.807, 2.05) is 6.07 Å². The van der Waals surface area contributed by atoms with Gasteiger partial charge in [0.2, 0.25) is 0 Å². The second kappa shape index (κ2) is 8.87. The fourth-order valence-electron chi connectivity index (χ4n) is 8.18. The van der Waals surface area contributed by atoms with Crippen molar-refractivity contribution in [1.29, 1.82) is 0 Å². The van der Waals surface area contributed by atoms with Crippen LogP contribution in [0.3, 0.4) is 0 Å². The third-order valence-electron chi connectivity index (χ3n) is 10.3. The van der Waals surface area contributed by atoms with Crippen molar-refractivity contribution in [3.8, 4) is 11.1 Å². The Kier molecular flexibility index (Phi) is 4.94. The van der Waals surface area contributed by atoms with E-state index in [1.165, 1.54) is 49.6 Å². The predicted octanol–water partition coefficient (Wildman–Crippen LogP) is 9.94. The molecule has 0 saturated carbocycles. The molecule has 2 aliphatic rings. The van der Waals surface area contributed by atoms with Gasteiger partial charge in [-0.3, -0.25) is 15.0 Å². The summed E-state index contributed by atoms with van der Waals surface area (Å²) in [6.07, 6.45) is -0.123.